The maximum atomic E-state index is 12.7. The van der Waals surface area contributed by atoms with Crippen molar-refractivity contribution in [1.29, 1.82) is 0 Å². The average Bonchev–Trinajstić information content (AvgIpc) is 3.29. The highest BCUT2D eigenvalue weighted by Crippen LogP contribution is 2.35. The number of hydrogen-bond acceptors (Lipinski definition) is 6. The fraction of sp³-hybridized carbons (Fsp3) is 0.821. The van der Waals surface area contributed by atoms with Crippen molar-refractivity contribution in [3.8, 4) is 5.88 Å². The van der Waals surface area contributed by atoms with Gasteiger partial charge in [-0.3, -0.25) is 9.28 Å². The summed E-state index contributed by atoms with van der Waals surface area (Å²) < 4.78 is 21.7. The van der Waals surface area contributed by atoms with Crippen molar-refractivity contribution in [1.82, 2.24) is 8.75 Å². The average molecular weight is 509 g/mol. The molecular formula is C28H50N3O3S+. The SMILES string of the molecule is CCCCCCCCCCC(=O)OC(C)(C)[N+]1(C)CCC=C(c2nsnc2OCCCCCC)C1. The predicted molar refractivity (Wildman–Crippen MR) is 145 cm³/mol. The maximum absolute atomic E-state index is 12.7. The van der Waals surface area contributed by atoms with Crippen LogP contribution in [-0.4, -0.2) is 51.7 Å². The van der Waals surface area contributed by atoms with E-state index in [1.807, 2.05) is 13.8 Å². The number of hydrogen-bond donors (Lipinski definition) is 0. The van der Waals surface area contributed by atoms with E-state index < -0.39 is 5.72 Å². The Balaban J connectivity index is 1.84. The van der Waals surface area contributed by atoms with Gasteiger partial charge in [0, 0.05) is 32.3 Å². The lowest BCUT2D eigenvalue weighted by molar-refractivity contribution is -0.971. The molecule has 0 spiro atoms. The largest absolute Gasteiger partial charge is 0.475 e. The zero-order valence-electron chi connectivity index (χ0n) is 23.1. The van der Waals surface area contributed by atoms with Crippen LogP contribution in [0.25, 0.3) is 5.57 Å². The van der Waals surface area contributed by atoms with Gasteiger partial charge in [-0.25, -0.2) is 0 Å². The second-order valence-electron chi connectivity index (χ2n) is 10.8. The molecule has 2 heterocycles. The van der Waals surface area contributed by atoms with Gasteiger partial charge in [0.05, 0.1) is 31.9 Å². The van der Waals surface area contributed by atoms with Crippen molar-refractivity contribution in [2.45, 2.75) is 123 Å². The number of likely N-dealkylation sites (N-methyl/N-ethyl adjacent to an activating group) is 1. The Morgan fingerprint density at radius 1 is 0.971 bits per heavy atom. The van der Waals surface area contributed by atoms with Gasteiger partial charge in [-0.15, -0.1) is 4.37 Å². The van der Waals surface area contributed by atoms with Crippen LogP contribution in [0.3, 0.4) is 0 Å². The lowest BCUT2D eigenvalue weighted by Gasteiger charge is -2.47. The molecule has 0 saturated heterocycles. The molecule has 0 amide bonds. The summed E-state index contributed by atoms with van der Waals surface area (Å²) in [7, 11) is 2.18. The summed E-state index contributed by atoms with van der Waals surface area (Å²) in [6.45, 7) is 10.9. The topological polar surface area (TPSA) is 61.3 Å². The van der Waals surface area contributed by atoms with Gasteiger partial charge in [0.2, 0.25) is 5.72 Å². The third-order valence-corrected chi connectivity index (χ3v) is 7.94. The Morgan fingerprint density at radius 3 is 2.29 bits per heavy atom. The monoisotopic (exact) mass is 508 g/mol. The van der Waals surface area contributed by atoms with Gasteiger partial charge in [-0.05, 0) is 12.8 Å². The molecule has 35 heavy (non-hydrogen) atoms. The summed E-state index contributed by atoms with van der Waals surface area (Å²) in [6.07, 6.45) is 18.1. The minimum atomic E-state index is -0.610. The second-order valence-corrected chi connectivity index (χ2v) is 11.3. The minimum Gasteiger partial charge on any atom is -0.475 e. The molecule has 200 valence electrons. The molecule has 0 N–H and O–H groups in total. The van der Waals surface area contributed by atoms with Crippen molar-refractivity contribution < 1.29 is 18.8 Å². The van der Waals surface area contributed by atoms with Gasteiger partial charge in [0.25, 0.3) is 5.88 Å². The van der Waals surface area contributed by atoms with Crippen LogP contribution < -0.4 is 4.74 Å². The van der Waals surface area contributed by atoms with Crippen LogP contribution in [0.2, 0.25) is 0 Å². The van der Waals surface area contributed by atoms with Gasteiger partial charge in [0.1, 0.15) is 12.2 Å². The van der Waals surface area contributed by atoms with Crippen LogP contribution in [0.5, 0.6) is 5.88 Å². The highest BCUT2D eigenvalue weighted by atomic mass is 32.1. The fourth-order valence-electron chi connectivity index (χ4n) is 4.69. The van der Waals surface area contributed by atoms with E-state index in [9.17, 15) is 4.79 Å². The minimum absolute atomic E-state index is 0.0807. The molecule has 1 atom stereocenters. The first-order valence-electron chi connectivity index (χ1n) is 14.0. The molecular weight excluding hydrogens is 458 g/mol. The van der Waals surface area contributed by atoms with Crippen LogP contribution in [0.1, 0.15) is 123 Å². The molecule has 6 nitrogen and oxygen atoms in total. The summed E-state index contributed by atoms with van der Waals surface area (Å²) in [4.78, 5) is 12.7. The predicted octanol–water partition coefficient (Wildman–Crippen LogP) is 7.54. The van der Waals surface area contributed by atoms with Crippen molar-refractivity contribution >= 4 is 23.3 Å². The Hall–Kier alpha value is -1.47. The zero-order valence-corrected chi connectivity index (χ0v) is 23.9. The molecule has 0 radical (unpaired) electrons. The van der Waals surface area contributed by atoms with E-state index in [4.69, 9.17) is 9.47 Å². The van der Waals surface area contributed by atoms with Gasteiger partial charge in [0.15, 0.2) is 0 Å². The van der Waals surface area contributed by atoms with Crippen molar-refractivity contribution in [2.75, 3.05) is 26.7 Å². The number of rotatable bonds is 18. The zero-order chi connectivity index (χ0) is 25.6. The van der Waals surface area contributed by atoms with Crippen LogP contribution >= 0.6 is 11.7 Å². The molecule has 7 heteroatoms. The van der Waals surface area contributed by atoms with Crippen LogP contribution in [0.4, 0.5) is 0 Å². The highest BCUT2D eigenvalue weighted by molar-refractivity contribution is 6.99. The standard InChI is InChI=1S/C28H50N3O3S/c1-6-8-10-12-13-14-15-16-20-25(32)34-28(3,4)31(5)21-18-19-24(23-31)26-27(30-35-29-26)33-22-17-11-9-7-2/h19H,6-18,20-23H2,1-5H3/q+1. The Labute approximate surface area is 218 Å². The molecule has 0 aromatic carbocycles. The van der Waals surface area contributed by atoms with Gasteiger partial charge >= 0.3 is 5.97 Å². The van der Waals surface area contributed by atoms with E-state index >= 15 is 0 Å². The van der Waals surface area contributed by atoms with Crippen molar-refractivity contribution in [2.24, 2.45) is 0 Å². The van der Waals surface area contributed by atoms with E-state index in [1.54, 1.807) is 0 Å². The summed E-state index contributed by atoms with van der Waals surface area (Å²) >= 11 is 1.21. The molecule has 0 aliphatic carbocycles. The fourth-order valence-corrected chi connectivity index (χ4v) is 5.22. The first kappa shape index (κ1) is 29.8. The smallest absolute Gasteiger partial charge is 0.310 e. The number of carbonyl (C=O) groups excluding carboxylic acids is 1. The number of aromatic nitrogens is 2. The van der Waals surface area contributed by atoms with E-state index in [1.165, 1.54) is 69.5 Å². The Morgan fingerprint density at radius 2 is 1.60 bits per heavy atom. The second kappa shape index (κ2) is 15.6. The van der Waals surface area contributed by atoms with Crippen LogP contribution in [0, 0.1) is 0 Å². The first-order valence-corrected chi connectivity index (χ1v) is 14.8. The first-order chi connectivity index (χ1) is 16.8. The van der Waals surface area contributed by atoms with Crippen LogP contribution in [-0.2, 0) is 9.53 Å². The van der Waals surface area contributed by atoms with E-state index in [2.05, 4.69) is 35.7 Å². The number of nitrogens with zero attached hydrogens (tertiary/aromatic N) is 3. The lowest BCUT2D eigenvalue weighted by atomic mass is 10.0. The highest BCUT2D eigenvalue weighted by Gasteiger charge is 2.45. The number of quaternary nitrogens is 1. The summed E-state index contributed by atoms with van der Waals surface area (Å²) in [5.41, 5.74) is 1.39. The summed E-state index contributed by atoms with van der Waals surface area (Å²) in [6, 6.07) is 0. The van der Waals surface area contributed by atoms with Crippen molar-refractivity contribution in [3.63, 3.8) is 0 Å². The van der Waals surface area contributed by atoms with Gasteiger partial charge in [-0.2, -0.15) is 4.37 Å². The van der Waals surface area contributed by atoms with Gasteiger partial charge in [-0.1, -0.05) is 84.1 Å². The molecule has 2 rings (SSSR count). The van der Waals surface area contributed by atoms with E-state index in [0.717, 1.165) is 50.0 Å². The molecule has 1 aliphatic rings. The summed E-state index contributed by atoms with van der Waals surface area (Å²) in [5, 5.41) is 0. The molecule has 0 saturated carbocycles. The normalized spacial score (nSPS) is 18.4. The number of carbonyl (C=O) groups is 1. The number of esters is 1. The van der Waals surface area contributed by atoms with E-state index in [-0.39, 0.29) is 5.97 Å². The molecule has 0 fully saturated rings. The molecule has 0 bridgehead atoms. The number of unbranched alkanes of at least 4 members (excludes halogenated alkanes) is 10. The number of ether oxygens (including phenoxy) is 2. The molecule has 1 aromatic rings. The molecule has 1 unspecified atom stereocenters. The van der Waals surface area contributed by atoms with Crippen molar-refractivity contribution in [3.05, 3.63) is 11.8 Å². The Bertz CT molecular complexity index is 777. The maximum Gasteiger partial charge on any atom is 0.310 e. The molecule has 1 aromatic heterocycles. The third kappa shape index (κ3) is 9.83. The van der Waals surface area contributed by atoms with Crippen LogP contribution in [0.15, 0.2) is 6.08 Å². The Kier molecular flexibility index (Phi) is 13.3. The molecule has 1 aliphatic heterocycles. The quantitative estimate of drug-likeness (QED) is 0.116. The summed E-state index contributed by atoms with van der Waals surface area (Å²) in [5.74, 6) is 0.568. The van der Waals surface area contributed by atoms with Gasteiger partial charge < -0.3 is 9.47 Å². The lowest BCUT2D eigenvalue weighted by Crippen LogP contribution is -2.62. The third-order valence-electron chi connectivity index (χ3n) is 7.43. The van der Waals surface area contributed by atoms with E-state index in [0.29, 0.717) is 23.4 Å².